The molecule has 1 N–H and O–H groups in total. The smallest absolute Gasteiger partial charge is 0.358 e. The van der Waals surface area contributed by atoms with Crippen LogP contribution >= 0.6 is 0 Å². The summed E-state index contributed by atoms with van der Waals surface area (Å²) in [7, 11) is 0. The highest BCUT2D eigenvalue weighted by Crippen LogP contribution is 2.21. The van der Waals surface area contributed by atoms with E-state index in [-0.39, 0.29) is 5.69 Å². The van der Waals surface area contributed by atoms with Gasteiger partial charge in [0.15, 0.2) is 5.69 Å². The molecule has 0 aliphatic carbocycles. The van der Waals surface area contributed by atoms with E-state index < -0.39 is 5.97 Å². The Balaban J connectivity index is 2.26. The number of aromatic nitrogens is 4. The van der Waals surface area contributed by atoms with Crippen molar-refractivity contribution in [2.45, 2.75) is 39.2 Å². The van der Waals surface area contributed by atoms with Crippen molar-refractivity contribution < 1.29 is 9.90 Å². The van der Waals surface area contributed by atoms with Gasteiger partial charge in [0.25, 0.3) is 0 Å². The van der Waals surface area contributed by atoms with E-state index in [1.54, 1.807) is 23.1 Å². The summed E-state index contributed by atoms with van der Waals surface area (Å²) in [6, 6.07) is 3.59. The first-order valence-electron chi connectivity index (χ1n) is 6.81. The Hall–Kier alpha value is -2.24. The van der Waals surface area contributed by atoms with Gasteiger partial charge >= 0.3 is 5.97 Å². The van der Waals surface area contributed by atoms with Crippen LogP contribution in [0.5, 0.6) is 0 Å². The van der Waals surface area contributed by atoms with Crippen LogP contribution in [0.2, 0.25) is 0 Å². The lowest BCUT2D eigenvalue weighted by Gasteiger charge is -2.06. The van der Waals surface area contributed by atoms with E-state index in [0.29, 0.717) is 12.2 Å². The SMILES string of the molecule is CCCCCCn1nnc(C(=O)O)c1-c1cccnc1. The molecule has 6 nitrogen and oxygen atoms in total. The molecule has 2 heterocycles. The topological polar surface area (TPSA) is 80.9 Å². The third kappa shape index (κ3) is 3.20. The van der Waals surface area contributed by atoms with Crippen molar-refractivity contribution in [3.63, 3.8) is 0 Å². The number of unbranched alkanes of at least 4 members (excludes halogenated alkanes) is 3. The predicted molar refractivity (Wildman–Crippen MR) is 74.4 cm³/mol. The van der Waals surface area contributed by atoms with E-state index in [1.165, 1.54) is 6.42 Å². The molecule has 20 heavy (non-hydrogen) atoms. The molecule has 0 amide bonds. The molecule has 2 aromatic heterocycles. The summed E-state index contributed by atoms with van der Waals surface area (Å²) in [6.07, 6.45) is 7.68. The summed E-state index contributed by atoms with van der Waals surface area (Å²) >= 11 is 0. The third-order valence-electron chi connectivity index (χ3n) is 3.10. The predicted octanol–water partition coefficient (Wildman–Crippen LogP) is 2.62. The zero-order chi connectivity index (χ0) is 14.4. The van der Waals surface area contributed by atoms with Crippen molar-refractivity contribution in [1.29, 1.82) is 0 Å². The molecule has 0 aliphatic rings. The van der Waals surface area contributed by atoms with Gasteiger partial charge in [0.2, 0.25) is 0 Å². The lowest BCUT2D eigenvalue weighted by atomic mass is 10.1. The first kappa shape index (κ1) is 14.2. The monoisotopic (exact) mass is 274 g/mol. The van der Waals surface area contributed by atoms with Gasteiger partial charge in [0, 0.05) is 24.5 Å². The zero-order valence-electron chi connectivity index (χ0n) is 11.5. The Morgan fingerprint density at radius 3 is 2.85 bits per heavy atom. The fourth-order valence-electron chi connectivity index (χ4n) is 2.09. The van der Waals surface area contributed by atoms with Gasteiger partial charge in [0.1, 0.15) is 5.69 Å². The molecule has 0 fully saturated rings. The van der Waals surface area contributed by atoms with Gasteiger partial charge in [-0.1, -0.05) is 31.4 Å². The second-order valence-electron chi connectivity index (χ2n) is 4.62. The van der Waals surface area contributed by atoms with Gasteiger partial charge in [-0.05, 0) is 18.6 Å². The quantitative estimate of drug-likeness (QED) is 0.785. The lowest BCUT2D eigenvalue weighted by molar-refractivity contribution is 0.0691. The van der Waals surface area contributed by atoms with Crippen LogP contribution in [-0.2, 0) is 6.54 Å². The highest BCUT2D eigenvalue weighted by atomic mass is 16.4. The largest absolute Gasteiger partial charge is 0.476 e. The maximum atomic E-state index is 11.2. The first-order chi connectivity index (χ1) is 9.74. The van der Waals surface area contributed by atoms with Crippen LogP contribution in [-0.4, -0.2) is 31.1 Å². The number of rotatable bonds is 7. The average molecular weight is 274 g/mol. The van der Waals surface area contributed by atoms with Gasteiger partial charge in [-0.25, -0.2) is 9.48 Å². The highest BCUT2D eigenvalue weighted by Gasteiger charge is 2.20. The van der Waals surface area contributed by atoms with E-state index in [4.69, 9.17) is 0 Å². The number of hydrogen-bond acceptors (Lipinski definition) is 4. The van der Waals surface area contributed by atoms with Gasteiger partial charge in [-0.2, -0.15) is 0 Å². The highest BCUT2D eigenvalue weighted by molar-refractivity contribution is 5.92. The normalized spacial score (nSPS) is 10.7. The van der Waals surface area contributed by atoms with E-state index in [9.17, 15) is 9.90 Å². The van der Waals surface area contributed by atoms with Crippen LogP contribution in [0, 0.1) is 0 Å². The Bertz CT molecular complexity index is 566. The molecular weight excluding hydrogens is 256 g/mol. The standard InChI is InChI=1S/C14H18N4O2/c1-2-3-4-5-9-18-13(11-7-6-8-15-10-11)12(14(19)20)16-17-18/h6-8,10H,2-5,9H2,1H3,(H,19,20). The number of aryl methyl sites for hydroxylation is 1. The minimum Gasteiger partial charge on any atom is -0.476 e. The van der Waals surface area contributed by atoms with Crippen molar-refractivity contribution >= 4 is 5.97 Å². The Kier molecular flexibility index (Phi) is 4.81. The summed E-state index contributed by atoms with van der Waals surface area (Å²) < 4.78 is 1.66. The van der Waals surface area contributed by atoms with Gasteiger partial charge in [0.05, 0.1) is 0 Å². The van der Waals surface area contributed by atoms with Crippen LogP contribution in [0.15, 0.2) is 24.5 Å². The molecule has 0 radical (unpaired) electrons. The fraction of sp³-hybridized carbons (Fsp3) is 0.429. The molecule has 2 rings (SSSR count). The number of pyridine rings is 1. The lowest BCUT2D eigenvalue weighted by Crippen LogP contribution is -2.05. The van der Waals surface area contributed by atoms with Crippen molar-refractivity contribution in [3.05, 3.63) is 30.2 Å². The molecule has 0 saturated heterocycles. The molecular formula is C14H18N4O2. The van der Waals surface area contributed by atoms with Crippen LogP contribution < -0.4 is 0 Å². The number of aromatic carboxylic acids is 1. The summed E-state index contributed by atoms with van der Waals surface area (Å²) in [5.74, 6) is -1.07. The molecule has 0 unspecified atom stereocenters. The van der Waals surface area contributed by atoms with Crippen LogP contribution in [0.3, 0.4) is 0 Å². The van der Waals surface area contributed by atoms with Gasteiger partial charge in [-0.3, -0.25) is 4.98 Å². The molecule has 0 saturated carbocycles. The summed E-state index contributed by atoms with van der Waals surface area (Å²) in [6.45, 7) is 2.82. The number of carboxylic acid groups (broad SMARTS) is 1. The molecule has 2 aromatic rings. The summed E-state index contributed by atoms with van der Waals surface area (Å²) in [5, 5.41) is 17.0. The molecule has 0 aliphatic heterocycles. The van der Waals surface area contributed by atoms with Crippen LogP contribution in [0.1, 0.15) is 43.1 Å². The van der Waals surface area contributed by atoms with E-state index in [1.807, 2.05) is 6.07 Å². The van der Waals surface area contributed by atoms with E-state index >= 15 is 0 Å². The molecule has 0 spiro atoms. The Morgan fingerprint density at radius 2 is 2.20 bits per heavy atom. The molecule has 6 heteroatoms. The number of nitrogens with zero attached hydrogens (tertiary/aromatic N) is 4. The minimum absolute atomic E-state index is 0.0199. The molecule has 0 bridgehead atoms. The first-order valence-corrected chi connectivity index (χ1v) is 6.81. The molecule has 0 atom stereocenters. The second kappa shape index (κ2) is 6.79. The minimum atomic E-state index is -1.07. The van der Waals surface area contributed by atoms with Crippen molar-refractivity contribution in [1.82, 2.24) is 20.0 Å². The fourth-order valence-corrected chi connectivity index (χ4v) is 2.09. The number of carbonyl (C=O) groups is 1. The molecule has 0 aromatic carbocycles. The van der Waals surface area contributed by atoms with Gasteiger partial charge < -0.3 is 5.11 Å². The number of carboxylic acids is 1. The van der Waals surface area contributed by atoms with Crippen LogP contribution in [0.4, 0.5) is 0 Å². The van der Waals surface area contributed by atoms with Crippen LogP contribution in [0.25, 0.3) is 11.3 Å². The second-order valence-corrected chi connectivity index (χ2v) is 4.62. The molecule has 106 valence electrons. The van der Waals surface area contributed by atoms with Crippen molar-refractivity contribution in [3.8, 4) is 11.3 Å². The summed E-state index contributed by atoms with van der Waals surface area (Å²) in [5.41, 5.74) is 1.24. The maximum Gasteiger partial charge on any atom is 0.358 e. The average Bonchev–Trinajstić information content (AvgIpc) is 2.88. The summed E-state index contributed by atoms with van der Waals surface area (Å²) in [4.78, 5) is 15.3. The van der Waals surface area contributed by atoms with E-state index in [0.717, 1.165) is 24.8 Å². The van der Waals surface area contributed by atoms with E-state index in [2.05, 4.69) is 22.2 Å². The maximum absolute atomic E-state index is 11.2. The number of hydrogen-bond donors (Lipinski definition) is 1. The Morgan fingerprint density at radius 1 is 1.35 bits per heavy atom. The Labute approximate surface area is 117 Å². The van der Waals surface area contributed by atoms with Crippen molar-refractivity contribution in [2.24, 2.45) is 0 Å². The third-order valence-corrected chi connectivity index (χ3v) is 3.10. The zero-order valence-corrected chi connectivity index (χ0v) is 11.5. The van der Waals surface area contributed by atoms with Crippen molar-refractivity contribution in [2.75, 3.05) is 0 Å². The van der Waals surface area contributed by atoms with Gasteiger partial charge in [-0.15, -0.1) is 5.10 Å².